The zero-order valence-corrected chi connectivity index (χ0v) is 17.9. The number of hydrogen-bond acceptors (Lipinski definition) is 6. The Morgan fingerprint density at radius 1 is 1.10 bits per heavy atom. The van der Waals surface area contributed by atoms with Crippen molar-refractivity contribution >= 4 is 17.5 Å². The predicted octanol–water partition coefficient (Wildman–Crippen LogP) is 4.36. The molecule has 1 amide bonds. The number of benzene rings is 1. The van der Waals surface area contributed by atoms with Gasteiger partial charge in [-0.15, -0.1) is 0 Å². The topological polar surface area (TPSA) is 80.2 Å². The summed E-state index contributed by atoms with van der Waals surface area (Å²) in [5.74, 6) is 2.25. The fourth-order valence-electron chi connectivity index (χ4n) is 3.83. The normalized spacial score (nSPS) is 15.7. The van der Waals surface area contributed by atoms with Gasteiger partial charge in [-0.25, -0.2) is 9.97 Å². The van der Waals surface area contributed by atoms with Crippen molar-refractivity contribution in [3.05, 3.63) is 71.8 Å². The van der Waals surface area contributed by atoms with Crippen LogP contribution in [-0.4, -0.2) is 38.9 Å². The summed E-state index contributed by atoms with van der Waals surface area (Å²) >= 11 is 0. The Balaban J connectivity index is 1.39. The molecule has 0 spiro atoms. The maximum absolute atomic E-state index is 12.9. The van der Waals surface area contributed by atoms with Gasteiger partial charge in [0.2, 0.25) is 5.91 Å². The monoisotopic (exact) mass is 417 g/mol. The molecule has 4 rings (SSSR count). The number of ether oxygens (including phenoxy) is 1. The van der Waals surface area contributed by atoms with Crippen LogP contribution in [-0.2, 0) is 4.79 Å². The zero-order valence-electron chi connectivity index (χ0n) is 17.9. The van der Waals surface area contributed by atoms with Gasteiger partial charge in [-0.05, 0) is 50.5 Å². The molecule has 1 aliphatic rings. The van der Waals surface area contributed by atoms with Gasteiger partial charge in [0.05, 0.1) is 37.2 Å². The number of nitrogens with one attached hydrogen (secondary N) is 1. The minimum absolute atomic E-state index is 0.0642. The van der Waals surface area contributed by atoms with Gasteiger partial charge in [0, 0.05) is 12.2 Å². The van der Waals surface area contributed by atoms with E-state index in [4.69, 9.17) is 9.72 Å². The van der Waals surface area contributed by atoms with E-state index in [9.17, 15) is 4.79 Å². The average Bonchev–Trinajstić information content (AvgIpc) is 3.25. The number of rotatable bonds is 7. The fourth-order valence-corrected chi connectivity index (χ4v) is 3.83. The van der Waals surface area contributed by atoms with Crippen molar-refractivity contribution in [2.24, 2.45) is 0 Å². The Morgan fingerprint density at radius 2 is 1.97 bits per heavy atom. The molecule has 3 aromatic rings. The molecular formula is C24H27N5O2. The van der Waals surface area contributed by atoms with Crippen LogP contribution in [0.15, 0.2) is 54.9 Å². The van der Waals surface area contributed by atoms with Gasteiger partial charge in [0.25, 0.3) is 0 Å². The van der Waals surface area contributed by atoms with Gasteiger partial charge in [-0.2, -0.15) is 0 Å². The number of para-hydroxylation sites is 1. The van der Waals surface area contributed by atoms with Crippen LogP contribution in [0.1, 0.15) is 42.3 Å². The predicted molar refractivity (Wildman–Crippen MR) is 119 cm³/mol. The van der Waals surface area contributed by atoms with Crippen molar-refractivity contribution in [1.29, 1.82) is 0 Å². The first-order valence-corrected chi connectivity index (χ1v) is 10.6. The highest BCUT2D eigenvalue weighted by Gasteiger charge is 2.31. The smallest absolute Gasteiger partial charge is 0.226 e. The molecule has 160 valence electrons. The van der Waals surface area contributed by atoms with E-state index in [0.717, 1.165) is 47.9 Å². The quantitative estimate of drug-likeness (QED) is 0.615. The first kappa shape index (κ1) is 20.8. The van der Waals surface area contributed by atoms with Gasteiger partial charge in [0.15, 0.2) is 0 Å². The molecular weight excluding hydrogens is 390 g/mol. The van der Waals surface area contributed by atoms with Crippen LogP contribution in [0.2, 0.25) is 0 Å². The summed E-state index contributed by atoms with van der Waals surface area (Å²) < 4.78 is 5.81. The summed E-state index contributed by atoms with van der Waals surface area (Å²) in [7, 11) is 0. The van der Waals surface area contributed by atoms with Gasteiger partial charge < -0.3 is 15.0 Å². The number of carbonyl (C=O) groups excluding carboxylic acids is 1. The Hall–Kier alpha value is -3.48. The van der Waals surface area contributed by atoms with E-state index in [1.807, 2.05) is 61.2 Å². The van der Waals surface area contributed by atoms with Crippen LogP contribution in [0.4, 0.5) is 11.6 Å². The maximum Gasteiger partial charge on any atom is 0.226 e. The SMILES string of the molecule is Cc1cccc(Nc2cncc([C@H]3CCCN3C(=O)CCOc3ccccc3C)n2)n1. The number of likely N-dealkylation sites (tertiary alicyclic amines) is 1. The summed E-state index contributed by atoms with van der Waals surface area (Å²) in [5, 5.41) is 3.20. The molecule has 0 bridgehead atoms. The molecule has 7 heteroatoms. The van der Waals surface area contributed by atoms with E-state index >= 15 is 0 Å². The average molecular weight is 418 g/mol. The van der Waals surface area contributed by atoms with E-state index < -0.39 is 0 Å². The minimum Gasteiger partial charge on any atom is -0.493 e. The van der Waals surface area contributed by atoms with Gasteiger partial charge >= 0.3 is 0 Å². The van der Waals surface area contributed by atoms with Gasteiger partial charge in [-0.1, -0.05) is 24.3 Å². The maximum atomic E-state index is 12.9. The first-order valence-electron chi connectivity index (χ1n) is 10.6. The third-order valence-electron chi connectivity index (χ3n) is 5.38. The molecule has 31 heavy (non-hydrogen) atoms. The highest BCUT2D eigenvalue weighted by atomic mass is 16.5. The summed E-state index contributed by atoms with van der Waals surface area (Å²) in [6.45, 7) is 5.03. The van der Waals surface area contributed by atoms with Crippen LogP contribution < -0.4 is 10.1 Å². The van der Waals surface area contributed by atoms with Crippen LogP contribution in [0.3, 0.4) is 0 Å². The van der Waals surface area contributed by atoms with Crippen LogP contribution in [0.25, 0.3) is 0 Å². The molecule has 1 atom stereocenters. The molecule has 1 aliphatic heterocycles. The second-order valence-corrected chi connectivity index (χ2v) is 7.73. The third-order valence-corrected chi connectivity index (χ3v) is 5.38. The van der Waals surface area contributed by atoms with Crippen LogP contribution in [0.5, 0.6) is 5.75 Å². The lowest BCUT2D eigenvalue weighted by Crippen LogP contribution is -2.32. The standard InChI is InChI=1S/C24H27N5O2/c1-17-7-3-4-10-21(17)31-14-12-24(30)29-13-6-9-20(29)19-15-25-16-23(27-19)28-22-11-5-8-18(2)26-22/h3-5,7-8,10-11,15-16,20H,6,9,12-14H2,1-2H3,(H,26,27,28)/t20-/m1/s1. The van der Waals surface area contributed by atoms with Crippen molar-refractivity contribution in [2.45, 2.75) is 39.2 Å². The zero-order chi connectivity index (χ0) is 21.6. The molecule has 0 aliphatic carbocycles. The number of hydrogen-bond donors (Lipinski definition) is 1. The summed E-state index contributed by atoms with van der Waals surface area (Å²) in [6.07, 6.45) is 5.59. The highest BCUT2D eigenvalue weighted by molar-refractivity contribution is 5.77. The van der Waals surface area contributed by atoms with E-state index in [-0.39, 0.29) is 11.9 Å². The highest BCUT2D eigenvalue weighted by Crippen LogP contribution is 2.31. The summed E-state index contributed by atoms with van der Waals surface area (Å²) in [4.78, 5) is 28.3. The van der Waals surface area contributed by atoms with Crippen molar-refractivity contribution in [1.82, 2.24) is 19.9 Å². The Labute approximate surface area is 182 Å². The van der Waals surface area contributed by atoms with Crippen molar-refractivity contribution in [3.63, 3.8) is 0 Å². The Morgan fingerprint density at radius 3 is 2.81 bits per heavy atom. The second-order valence-electron chi connectivity index (χ2n) is 7.73. The number of amides is 1. The van der Waals surface area contributed by atoms with E-state index in [2.05, 4.69) is 15.3 Å². The summed E-state index contributed by atoms with van der Waals surface area (Å²) in [6, 6.07) is 13.5. The lowest BCUT2D eigenvalue weighted by atomic mass is 10.1. The van der Waals surface area contributed by atoms with E-state index in [1.54, 1.807) is 12.4 Å². The number of anilines is 2. The lowest BCUT2D eigenvalue weighted by molar-refractivity contribution is -0.132. The number of nitrogens with zero attached hydrogens (tertiary/aromatic N) is 4. The Kier molecular flexibility index (Phi) is 6.40. The molecule has 7 nitrogen and oxygen atoms in total. The largest absolute Gasteiger partial charge is 0.493 e. The van der Waals surface area contributed by atoms with Crippen molar-refractivity contribution < 1.29 is 9.53 Å². The molecule has 1 aromatic carbocycles. The number of aromatic nitrogens is 3. The molecule has 1 N–H and O–H groups in total. The molecule has 0 radical (unpaired) electrons. The second kappa shape index (κ2) is 9.55. The Bertz CT molecular complexity index is 1060. The first-order chi connectivity index (χ1) is 15.1. The molecule has 3 heterocycles. The molecule has 2 aromatic heterocycles. The summed E-state index contributed by atoms with van der Waals surface area (Å²) in [5.41, 5.74) is 2.79. The number of pyridine rings is 1. The minimum atomic E-state index is -0.0642. The van der Waals surface area contributed by atoms with E-state index in [1.165, 1.54) is 0 Å². The fraction of sp³-hybridized carbons (Fsp3) is 0.333. The van der Waals surface area contributed by atoms with Crippen LogP contribution in [0, 0.1) is 13.8 Å². The van der Waals surface area contributed by atoms with Gasteiger partial charge in [0.1, 0.15) is 17.4 Å². The third kappa shape index (κ3) is 5.17. The number of carbonyl (C=O) groups is 1. The molecule has 1 saturated heterocycles. The van der Waals surface area contributed by atoms with E-state index in [0.29, 0.717) is 18.8 Å². The van der Waals surface area contributed by atoms with Crippen molar-refractivity contribution in [3.8, 4) is 5.75 Å². The van der Waals surface area contributed by atoms with Crippen molar-refractivity contribution in [2.75, 3.05) is 18.5 Å². The molecule has 0 saturated carbocycles. The number of aryl methyl sites for hydroxylation is 2. The van der Waals surface area contributed by atoms with Crippen LogP contribution >= 0.6 is 0 Å². The molecule has 1 fully saturated rings. The lowest BCUT2D eigenvalue weighted by Gasteiger charge is -2.24. The molecule has 0 unspecified atom stereocenters. The van der Waals surface area contributed by atoms with Gasteiger partial charge in [-0.3, -0.25) is 9.78 Å².